The Morgan fingerprint density at radius 3 is 2.86 bits per heavy atom. The van der Waals surface area contributed by atoms with Crippen molar-refractivity contribution in [2.75, 3.05) is 19.3 Å². The number of hydrogen-bond acceptors (Lipinski definition) is 3. The lowest BCUT2D eigenvalue weighted by molar-refractivity contribution is 0.239. The van der Waals surface area contributed by atoms with Crippen LogP contribution in [-0.2, 0) is 6.54 Å². The van der Waals surface area contributed by atoms with E-state index in [1.165, 1.54) is 6.42 Å². The van der Waals surface area contributed by atoms with Gasteiger partial charge in [0.05, 0.1) is 18.4 Å². The standard InChI is InChI=1S/C10H20N4/c1-4-9(2)13(3)5-6-14-8-10(11)7-12-14/h7-9H,4-6,11H2,1-3H3. The predicted octanol–water partition coefficient (Wildman–Crippen LogP) is 1.20. The SMILES string of the molecule is CCC(C)N(C)CCn1cc(N)cn1. The van der Waals surface area contributed by atoms with Crippen molar-refractivity contribution in [3.8, 4) is 0 Å². The lowest BCUT2D eigenvalue weighted by Crippen LogP contribution is -2.31. The van der Waals surface area contributed by atoms with Crippen LogP contribution < -0.4 is 5.73 Å². The predicted molar refractivity (Wildman–Crippen MR) is 59.0 cm³/mol. The molecule has 1 heterocycles. The lowest BCUT2D eigenvalue weighted by atomic mass is 10.2. The molecule has 4 heteroatoms. The Morgan fingerprint density at radius 1 is 1.64 bits per heavy atom. The largest absolute Gasteiger partial charge is 0.396 e. The molecular formula is C10H20N4. The number of rotatable bonds is 5. The molecule has 0 radical (unpaired) electrons. The molecule has 0 saturated heterocycles. The number of likely N-dealkylation sites (N-methyl/N-ethyl adjacent to an activating group) is 1. The first-order valence-corrected chi connectivity index (χ1v) is 5.11. The maximum Gasteiger partial charge on any atom is 0.0719 e. The molecule has 0 aromatic carbocycles. The summed E-state index contributed by atoms with van der Waals surface area (Å²) in [4.78, 5) is 2.33. The van der Waals surface area contributed by atoms with E-state index in [1.807, 2.05) is 10.9 Å². The Morgan fingerprint density at radius 2 is 2.36 bits per heavy atom. The first kappa shape index (κ1) is 11.0. The molecule has 1 aromatic rings. The van der Waals surface area contributed by atoms with E-state index in [-0.39, 0.29) is 0 Å². The molecular weight excluding hydrogens is 176 g/mol. The molecule has 1 atom stereocenters. The van der Waals surface area contributed by atoms with E-state index in [1.54, 1.807) is 6.20 Å². The van der Waals surface area contributed by atoms with Crippen molar-refractivity contribution in [3.05, 3.63) is 12.4 Å². The van der Waals surface area contributed by atoms with E-state index in [4.69, 9.17) is 5.73 Å². The highest BCUT2D eigenvalue weighted by Gasteiger charge is 2.06. The molecule has 0 aliphatic rings. The van der Waals surface area contributed by atoms with Gasteiger partial charge in [0.2, 0.25) is 0 Å². The third-order valence-corrected chi connectivity index (χ3v) is 2.68. The van der Waals surface area contributed by atoms with E-state index in [0.717, 1.165) is 18.8 Å². The van der Waals surface area contributed by atoms with Crippen molar-refractivity contribution < 1.29 is 0 Å². The van der Waals surface area contributed by atoms with Gasteiger partial charge in [0.25, 0.3) is 0 Å². The molecule has 2 N–H and O–H groups in total. The Balaban J connectivity index is 2.33. The maximum absolute atomic E-state index is 5.57. The van der Waals surface area contributed by atoms with Gasteiger partial charge in [0.15, 0.2) is 0 Å². The molecule has 80 valence electrons. The summed E-state index contributed by atoms with van der Waals surface area (Å²) in [6, 6.07) is 0.628. The Kier molecular flexibility index (Phi) is 3.95. The van der Waals surface area contributed by atoms with Crippen LogP contribution in [0.2, 0.25) is 0 Å². The van der Waals surface area contributed by atoms with Crippen molar-refractivity contribution >= 4 is 5.69 Å². The first-order chi connectivity index (χ1) is 6.63. The van der Waals surface area contributed by atoms with Gasteiger partial charge in [0.1, 0.15) is 0 Å². The summed E-state index contributed by atoms with van der Waals surface area (Å²) in [5.41, 5.74) is 6.31. The molecule has 0 aliphatic heterocycles. The molecule has 1 unspecified atom stereocenters. The number of nitrogen functional groups attached to an aromatic ring is 1. The molecule has 0 aliphatic carbocycles. The van der Waals surface area contributed by atoms with E-state index in [9.17, 15) is 0 Å². The maximum atomic E-state index is 5.57. The Bertz CT molecular complexity index is 269. The minimum atomic E-state index is 0.628. The zero-order valence-corrected chi connectivity index (χ0v) is 9.27. The fourth-order valence-corrected chi connectivity index (χ4v) is 1.29. The summed E-state index contributed by atoms with van der Waals surface area (Å²) in [5.74, 6) is 0. The average molecular weight is 196 g/mol. The third-order valence-electron chi connectivity index (χ3n) is 2.68. The van der Waals surface area contributed by atoms with Crippen LogP contribution in [0.25, 0.3) is 0 Å². The van der Waals surface area contributed by atoms with Crippen LogP contribution in [0.1, 0.15) is 20.3 Å². The summed E-state index contributed by atoms with van der Waals surface area (Å²) in [6.07, 6.45) is 4.73. The minimum absolute atomic E-state index is 0.628. The van der Waals surface area contributed by atoms with Crippen LogP contribution in [0, 0.1) is 0 Å². The van der Waals surface area contributed by atoms with Crippen molar-refractivity contribution in [2.24, 2.45) is 0 Å². The average Bonchev–Trinajstić information content (AvgIpc) is 2.59. The normalized spacial score (nSPS) is 13.4. The number of nitrogens with two attached hydrogens (primary N) is 1. The van der Waals surface area contributed by atoms with Gasteiger partial charge in [-0.25, -0.2) is 0 Å². The topological polar surface area (TPSA) is 47.1 Å². The summed E-state index contributed by atoms with van der Waals surface area (Å²) in [7, 11) is 2.14. The number of hydrogen-bond donors (Lipinski definition) is 1. The molecule has 1 aromatic heterocycles. The van der Waals surface area contributed by atoms with Crippen molar-refractivity contribution in [1.29, 1.82) is 0 Å². The zero-order chi connectivity index (χ0) is 10.6. The summed E-state index contributed by atoms with van der Waals surface area (Å²) < 4.78 is 1.88. The second-order valence-corrected chi connectivity index (χ2v) is 3.77. The van der Waals surface area contributed by atoms with Gasteiger partial charge in [-0.2, -0.15) is 5.10 Å². The van der Waals surface area contributed by atoms with Crippen LogP contribution in [0.4, 0.5) is 5.69 Å². The minimum Gasteiger partial charge on any atom is -0.396 e. The number of aromatic nitrogens is 2. The monoisotopic (exact) mass is 196 g/mol. The van der Waals surface area contributed by atoms with Gasteiger partial charge >= 0.3 is 0 Å². The Labute approximate surface area is 85.7 Å². The summed E-state index contributed by atoms with van der Waals surface area (Å²) in [6.45, 7) is 6.35. The van der Waals surface area contributed by atoms with Crippen LogP contribution in [0.5, 0.6) is 0 Å². The van der Waals surface area contributed by atoms with Gasteiger partial charge in [0, 0.05) is 18.8 Å². The van der Waals surface area contributed by atoms with Gasteiger partial charge in [-0.1, -0.05) is 6.92 Å². The molecule has 0 saturated carbocycles. The highest BCUT2D eigenvalue weighted by atomic mass is 15.3. The van der Waals surface area contributed by atoms with Crippen LogP contribution in [0.3, 0.4) is 0 Å². The first-order valence-electron chi connectivity index (χ1n) is 5.11. The molecule has 0 amide bonds. The third kappa shape index (κ3) is 3.03. The molecule has 0 fully saturated rings. The molecule has 0 spiro atoms. The van der Waals surface area contributed by atoms with E-state index in [2.05, 4.69) is 30.9 Å². The van der Waals surface area contributed by atoms with E-state index < -0.39 is 0 Å². The van der Waals surface area contributed by atoms with Gasteiger partial charge in [-0.05, 0) is 20.4 Å². The second-order valence-electron chi connectivity index (χ2n) is 3.77. The van der Waals surface area contributed by atoms with Crippen LogP contribution >= 0.6 is 0 Å². The molecule has 14 heavy (non-hydrogen) atoms. The van der Waals surface area contributed by atoms with E-state index >= 15 is 0 Å². The fourth-order valence-electron chi connectivity index (χ4n) is 1.29. The zero-order valence-electron chi connectivity index (χ0n) is 9.27. The van der Waals surface area contributed by atoms with Gasteiger partial charge in [-0.15, -0.1) is 0 Å². The van der Waals surface area contributed by atoms with Crippen molar-refractivity contribution in [2.45, 2.75) is 32.9 Å². The highest BCUT2D eigenvalue weighted by molar-refractivity contribution is 5.30. The lowest BCUT2D eigenvalue weighted by Gasteiger charge is -2.23. The summed E-state index contributed by atoms with van der Waals surface area (Å²) in [5, 5.41) is 4.14. The second kappa shape index (κ2) is 5.00. The van der Waals surface area contributed by atoms with Gasteiger partial charge < -0.3 is 10.6 Å². The highest BCUT2D eigenvalue weighted by Crippen LogP contribution is 2.01. The van der Waals surface area contributed by atoms with Gasteiger partial charge in [-0.3, -0.25) is 4.68 Å². The summed E-state index contributed by atoms with van der Waals surface area (Å²) >= 11 is 0. The number of nitrogens with zero attached hydrogens (tertiary/aromatic N) is 3. The quantitative estimate of drug-likeness (QED) is 0.769. The van der Waals surface area contributed by atoms with Crippen molar-refractivity contribution in [1.82, 2.24) is 14.7 Å². The Hall–Kier alpha value is -1.03. The smallest absolute Gasteiger partial charge is 0.0719 e. The molecule has 0 bridgehead atoms. The van der Waals surface area contributed by atoms with E-state index in [0.29, 0.717) is 6.04 Å². The molecule has 4 nitrogen and oxygen atoms in total. The number of anilines is 1. The molecule has 1 rings (SSSR count). The van der Waals surface area contributed by atoms with Crippen molar-refractivity contribution in [3.63, 3.8) is 0 Å². The van der Waals surface area contributed by atoms with Crippen LogP contribution in [-0.4, -0.2) is 34.3 Å². The fraction of sp³-hybridized carbons (Fsp3) is 0.700. The van der Waals surface area contributed by atoms with Crippen LogP contribution in [0.15, 0.2) is 12.4 Å².